The molecule has 2 nitrogen and oxygen atoms in total. The van der Waals surface area contributed by atoms with Crippen molar-refractivity contribution in [3.8, 4) is 0 Å². The molecule has 1 aliphatic carbocycles. The van der Waals surface area contributed by atoms with Gasteiger partial charge in [0, 0.05) is 5.92 Å². The van der Waals surface area contributed by atoms with Gasteiger partial charge in [-0.3, -0.25) is 0 Å². The van der Waals surface area contributed by atoms with Gasteiger partial charge in [0.15, 0.2) is 0 Å². The Morgan fingerprint density at radius 1 is 1.29 bits per heavy atom. The van der Waals surface area contributed by atoms with E-state index >= 15 is 0 Å². The molecule has 0 radical (unpaired) electrons. The highest BCUT2D eigenvalue weighted by Gasteiger charge is 2.22. The third kappa shape index (κ3) is 1.94. The minimum Gasteiger partial charge on any atom is -0.237 e. The Kier molecular flexibility index (Phi) is 3.07. The Bertz CT molecular complexity index is 348. The second kappa shape index (κ2) is 4.15. The summed E-state index contributed by atoms with van der Waals surface area (Å²) < 4.78 is 0.886. The maximum atomic E-state index is 6.00. The number of hydrogen-bond acceptors (Lipinski definition) is 2. The zero-order valence-electron chi connectivity index (χ0n) is 8.06. The fourth-order valence-corrected chi connectivity index (χ4v) is 2.74. The van der Waals surface area contributed by atoms with Crippen LogP contribution in [0.5, 0.6) is 0 Å². The van der Waals surface area contributed by atoms with E-state index < -0.39 is 0 Å². The Labute approximate surface area is 97.2 Å². The molecule has 0 aromatic carbocycles. The van der Waals surface area contributed by atoms with Crippen LogP contribution in [0.2, 0.25) is 5.15 Å². The van der Waals surface area contributed by atoms with E-state index in [1.54, 1.807) is 0 Å². The SMILES string of the molecule is Cc1nc(Cl)c(Br)c(C2CCCC2)n1. The van der Waals surface area contributed by atoms with Crippen LogP contribution >= 0.6 is 27.5 Å². The quantitative estimate of drug-likeness (QED) is 0.727. The molecule has 0 unspecified atom stereocenters. The van der Waals surface area contributed by atoms with Crippen molar-refractivity contribution in [2.45, 2.75) is 38.5 Å². The fraction of sp³-hybridized carbons (Fsp3) is 0.600. The van der Waals surface area contributed by atoms with E-state index in [4.69, 9.17) is 11.6 Å². The van der Waals surface area contributed by atoms with Gasteiger partial charge in [0.05, 0.1) is 10.2 Å². The van der Waals surface area contributed by atoms with Gasteiger partial charge in [-0.25, -0.2) is 9.97 Å². The lowest BCUT2D eigenvalue weighted by molar-refractivity contribution is 0.684. The van der Waals surface area contributed by atoms with Crippen LogP contribution in [-0.2, 0) is 0 Å². The average molecular weight is 276 g/mol. The van der Waals surface area contributed by atoms with E-state index in [2.05, 4.69) is 25.9 Å². The molecular formula is C10H12BrClN2. The van der Waals surface area contributed by atoms with Gasteiger partial charge in [0.25, 0.3) is 0 Å². The van der Waals surface area contributed by atoms with Gasteiger partial charge < -0.3 is 0 Å². The monoisotopic (exact) mass is 274 g/mol. The maximum absolute atomic E-state index is 6.00. The summed E-state index contributed by atoms with van der Waals surface area (Å²) >= 11 is 9.47. The van der Waals surface area contributed by atoms with E-state index in [-0.39, 0.29) is 0 Å². The number of hydrogen-bond donors (Lipinski definition) is 0. The number of rotatable bonds is 1. The standard InChI is InChI=1S/C10H12BrClN2/c1-6-13-9(7-4-2-3-5-7)8(11)10(12)14-6/h7H,2-5H2,1H3. The van der Waals surface area contributed by atoms with Crippen LogP contribution in [0, 0.1) is 6.92 Å². The predicted molar refractivity (Wildman–Crippen MR) is 60.7 cm³/mol. The molecule has 4 heteroatoms. The number of aryl methyl sites for hydroxylation is 1. The molecule has 0 N–H and O–H groups in total. The average Bonchev–Trinajstić information content (AvgIpc) is 2.63. The highest BCUT2D eigenvalue weighted by molar-refractivity contribution is 9.10. The van der Waals surface area contributed by atoms with Gasteiger partial charge in [-0.15, -0.1) is 0 Å². The number of aromatic nitrogens is 2. The van der Waals surface area contributed by atoms with E-state index in [1.165, 1.54) is 25.7 Å². The third-order valence-electron chi connectivity index (χ3n) is 2.69. The Balaban J connectivity index is 2.40. The molecule has 14 heavy (non-hydrogen) atoms. The van der Waals surface area contributed by atoms with E-state index in [1.807, 2.05) is 6.92 Å². The Morgan fingerprint density at radius 2 is 1.93 bits per heavy atom. The van der Waals surface area contributed by atoms with Crippen LogP contribution in [0.25, 0.3) is 0 Å². The molecule has 1 saturated carbocycles. The highest BCUT2D eigenvalue weighted by Crippen LogP contribution is 2.38. The number of nitrogens with zero attached hydrogens (tertiary/aromatic N) is 2. The van der Waals surface area contributed by atoms with E-state index in [0.29, 0.717) is 11.1 Å². The van der Waals surface area contributed by atoms with Crippen LogP contribution in [-0.4, -0.2) is 9.97 Å². The first-order chi connectivity index (χ1) is 6.68. The molecule has 1 aromatic heterocycles. The minimum atomic E-state index is 0.541. The fourth-order valence-electron chi connectivity index (χ4n) is 2.01. The molecule has 1 aromatic rings. The van der Waals surface area contributed by atoms with Crippen LogP contribution in [0.1, 0.15) is 43.1 Å². The highest BCUT2D eigenvalue weighted by atomic mass is 79.9. The topological polar surface area (TPSA) is 25.8 Å². The van der Waals surface area contributed by atoms with Gasteiger partial charge in [-0.1, -0.05) is 24.4 Å². The summed E-state index contributed by atoms with van der Waals surface area (Å²) in [7, 11) is 0. The second-order valence-corrected chi connectivity index (χ2v) is 4.89. The van der Waals surface area contributed by atoms with Crippen molar-refractivity contribution in [1.82, 2.24) is 9.97 Å². The summed E-state index contributed by atoms with van der Waals surface area (Å²) in [5.74, 6) is 1.34. The Morgan fingerprint density at radius 3 is 2.57 bits per heavy atom. The lowest BCUT2D eigenvalue weighted by Gasteiger charge is -2.11. The van der Waals surface area contributed by atoms with E-state index in [9.17, 15) is 0 Å². The first-order valence-corrected chi connectivity index (χ1v) is 6.05. The van der Waals surface area contributed by atoms with Gasteiger partial charge >= 0.3 is 0 Å². The molecule has 0 atom stereocenters. The zero-order valence-corrected chi connectivity index (χ0v) is 10.4. The van der Waals surface area contributed by atoms with Crippen molar-refractivity contribution >= 4 is 27.5 Å². The van der Waals surface area contributed by atoms with Crippen molar-refractivity contribution in [1.29, 1.82) is 0 Å². The van der Waals surface area contributed by atoms with Crippen LogP contribution in [0.4, 0.5) is 0 Å². The summed E-state index contributed by atoms with van der Waals surface area (Å²) in [6.07, 6.45) is 5.06. The van der Waals surface area contributed by atoms with Gasteiger partial charge in [0.1, 0.15) is 11.0 Å². The molecule has 0 aliphatic heterocycles. The summed E-state index contributed by atoms with van der Waals surface area (Å²) in [6, 6.07) is 0. The third-order valence-corrected chi connectivity index (χ3v) is 3.97. The summed E-state index contributed by atoms with van der Waals surface area (Å²) in [6.45, 7) is 1.89. The van der Waals surface area contributed by atoms with Crippen molar-refractivity contribution in [2.24, 2.45) is 0 Å². The molecule has 0 amide bonds. The smallest absolute Gasteiger partial charge is 0.147 e. The molecular weight excluding hydrogens is 263 g/mol. The van der Waals surface area contributed by atoms with Crippen molar-refractivity contribution in [3.63, 3.8) is 0 Å². The molecule has 2 rings (SSSR count). The summed E-state index contributed by atoms with van der Waals surface area (Å²) in [5.41, 5.74) is 1.10. The van der Waals surface area contributed by atoms with Gasteiger partial charge in [0.2, 0.25) is 0 Å². The second-order valence-electron chi connectivity index (χ2n) is 3.74. The van der Waals surface area contributed by atoms with Crippen LogP contribution in [0.15, 0.2) is 4.47 Å². The maximum Gasteiger partial charge on any atom is 0.147 e. The predicted octanol–water partition coefficient (Wildman–Crippen LogP) is 3.86. The largest absolute Gasteiger partial charge is 0.237 e. The Hall–Kier alpha value is -0.150. The van der Waals surface area contributed by atoms with Crippen molar-refractivity contribution in [2.75, 3.05) is 0 Å². The van der Waals surface area contributed by atoms with Gasteiger partial charge in [-0.2, -0.15) is 0 Å². The normalized spacial score (nSPS) is 17.6. The van der Waals surface area contributed by atoms with Crippen LogP contribution in [0.3, 0.4) is 0 Å². The molecule has 0 saturated heterocycles. The first-order valence-electron chi connectivity index (χ1n) is 4.88. The lowest BCUT2D eigenvalue weighted by Crippen LogP contribution is -2.02. The summed E-state index contributed by atoms with van der Waals surface area (Å²) in [4.78, 5) is 8.59. The molecule has 1 fully saturated rings. The summed E-state index contributed by atoms with van der Waals surface area (Å²) in [5, 5.41) is 0.541. The first kappa shape index (κ1) is 10.4. The minimum absolute atomic E-state index is 0.541. The molecule has 0 spiro atoms. The molecule has 1 aliphatic rings. The molecule has 0 bridgehead atoms. The number of halogens is 2. The molecule has 1 heterocycles. The lowest BCUT2D eigenvalue weighted by atomic mass is 10.0. The van der Waals surface area contributed by atoms with Gasteiger partial charge in [-0.05, 0) is 35.7 Å². The zero-order chi connectivity index (χ0) is 10.1. The van der Waals surface area contributed by atoms with Crippen LogP contribution < -0.4 is 0 Å². The van der Waals surface area contributed by atoms with E-state index in [0.717, 1.165) is 16.0 Å². The van der Waals surface area contributed by atoms with Crippen molar-refractivity contribution in [3.05, 3.63) is 21.1 Å². The van der Waals surface area contributed by atoms with Crippen molar-refractivity contribution < 1.29 is 0 Å². The molecule has 76 valence electrons.